The van der Waals surface area contributed by atoms with Crippen LogP contribution in [0.4, 0.5) is 5.69 Å². The van der Waals surface area contributed by atoms with Crippen molar-refractivity contribution in [1.29, 1.82) is 0 Å². The van der Waals surface area contributed by atoms with E-state index in [2.05, 4.69) is 12.2 Å². The van der Waals surface area contributed by atoms with Crippen LogP contribution in [-0.4, -0.2) is 37.8 Å². The molecule has 2 atom stereocenters. The van der Waals surface area contributed by atoms with Crippen LogP contribution in [0.15, 0.2) is 47.4 Å². The molecule has 1 N–H and O–H groups in total. The lowest BCUT2D eigenvalue weighted by Gasteiger charge is -2.16. The van der Waals surface area contributed by atoms with Crippen molar-refractivity contribution in [2.75, 3.05) is 18.4 Å². The number of rotatable bonds is 4. The lowest BCUT2D eigenvalue weighted by molar-refractivity contribution is 0.102. The molecule has 2 aliphatic rings. The molecule has 0 radical (unpaired) electrons. The van der Waals surface area contributed by atoms with Gasteiger partial charge in [-0.1, -0.05) is 25.1 Å². The zero-order valence-corrected chi connectivity index (χ0v) is 16.8. The fraction of sp³-hybridized carbons (Fsp3) is 0.381. The number of para-hydroxylation sites is 1. The Balaban J connectivity index is 1.59. The average molecular weight is 401 g/mol. The van der Waals surface area contributed by atoms with Gasteiger partial charge in [0.15, 0.2) is 0 Å². The molecule has 0 aromatic heterocycles. The second-order valence-electron chi connectivity index (χ2n) is 7.43. The van der Waals surface area contributed by atoms with Gasteiger partial charge < -0.3 is 10.1 Å². The van der Waals surface area contributed by atoms with Crippen molar-refractivity contribution >= 4 is 21.6 Å². The average Bonchev–Trinajstić information content (AvgIpc) is 3.32. The standard InChI is InChI=1S/C21H24N2O4S/c1-14-15(2)27-20-18(14)9-6-10-19(20)21(24)22-16-7-5-8-17(13-16)28(25,26)23-11-3-4-12-23/h5-10,13-15H,3-4,11-12H2,1-2H3,(H,22,24). The van der Waals surface area contributed by atoms with Gasteiger partial charge in [0.05, 0.1) is 10.5 Å². The summed E-state index contributed by atoms with van der Waals surface area (Å²) >= 11 is 0. The number of fused-ring (bicyclic) bond motifs is 1. The number of hydrogen-bond acceptors (Lipinski definition) is 4. The molecule has 2 unspecified atom stereocenters. The number of benzene rings is 2. The number of ether oxygens (including phenoxy) is 1. The highest BCUT2D eigenvalue weighted by Gasteiger charge is 2.31. The summed E-state index contributed by atoms with van der Waals surface area (Å²) in [5.74, 6) is 0.520. The Kier molecular flexibility index (Phi) is 4.89. The minimum Gasteiger partial charge on any atom is -0.489 e. The number of sulfonamides is 1. The number of hydrogen-bond donors (Lipinski definition) is 1. The Bertz CT molecular complexity index is 1010. The molecule has 1 fully saturated rings. The van der Waals surface area contributed by atoms with Gasteiger partial charge in [-0.25, -0.2) is 8.42 Å². The Labute approximate surface area is 165 Å². The predicted octanol–water partition coefficient (Wildman–Crippen LogP) is 3.61. The highest BCUT2D eigenvalue weighted by atomic mass is 32.2. The molecule has 28 heavy (non-hydrogen) atoms. The topological polar surface area (TPSA) is 75.7 Å². The van der Waals surface area contributed by atoms with E-state index in [4.69, 9.17) is 4.74 Å². The van der Waals surface area contributed by atoms with Crippen molar-refractivity contribution in [2.24, 2.45) is 0 Å². The second-order valence-corrected chi connectivity index (χ2v) is 9.37. The highest BCUT2D eigenvalue weighted by Crippen LogP contribution is 2.40. The van der Waals surface area contributed by atoms with Gasteiger partial charge >= 0.3 is 0 Å². The van der Waals surface area contributed by atoms with E-state index < -0.39 is 10.0 Å². The maximum Gasteiger partial charge on any atom is 0.259 e. The zero-order valence-electron chi connectivity index (χ0n) is 16.0. The number of anilines is 1. The Morgan fingerprint density at radius 1 is 1.11 bits per heavy atom. The van der Waals surface area contributed by atoms with E-state index in [1.807, 2.05) is 19.1 Å². The van der Waals surface area contributed by atoms with E-state index >= 15 is 0 Å². The van der Waals surface area contributed by atoms with Gasteiger partial charge in [0, 0.05) is 30.3 Å². The molecule has 4 rings (SSSR count). The minimum absolute atomic E-state index is 0.0119. The molecule has 7 heteroatoms. The van der Waals surface area contributed by atoms with Crippen LogP contribution in [0.2, 0.25) is 0 Å². The number of carbonyl (C=O) groups is 1. The normalized spacial score (nSPS) is 21.9. The Hall–Kier alpha value is -2.38. The maximum atomic E-state index is 12.9. The van der Waals surface area contributed by atoms with Crippen molar-refractivity contribution in [2.45, 2.75) is 43.6 Å². The van der Waals surface area contributed by atoms with Gasteiger partial charge in [-0.2, -0.15) is 4.31 Å². The molecule has 0 bridgehead atoms. The number of nitrogens with zero attached hydrogens (tertiary/aromatic N) is 1. The fourth-order valence-corrected chi connectivity index (χ4v) is 5.34. The SMILES string of the molecule is CC1Oc2c(C(=O)Nc3cccc(S(=O)(=O)N4CCCC4)c3)cccc2C1C. The predicted molar refractivity (Wildman–Crippen MR) is 107 cm³/mol. The lowest BCUT2D eigenvalue weighted by Crippen LogP contribution is -2.27. The van der Waals surface area contributed by atoms with E-state index in [1.165, 1.54) is 10.4 Å². The van der Waals surface area contributed by atoms with E-state index in [0.29, 0.717) is 30.1 Å². The summed E-state index contributed by atoms with van der Waals surface area (Å²) in [6.45, 7) is 5.15. The van der Waals surface area contributed by atoms with Crippen LogP contribution in [0.25, 0.3) is 0 Å². The summed E-state index contributed by atoms with van der Waals surface area (Å²) in [7, 11) is -3.53. The van der Waals surface area contributed by atoms with E-state index in [9.17, 15) is 13.2 Å². The van der Waals surface area contributed by atoms with Gasteiger partial charge in [-0.3, -0.25) is 4.79 Å². The third kappa shape index (κ3) is 3.29. The molecule has 0 aliphatic carbocycles. The van der Waals surface area contributed by atoms with Crippen LogP contribution >= 0.6 is 0 Å². The summed E-state index contributed by atoms with van der Waals surface area (Å²) in [5.41, 5.74) is 1.92. The van der Waals surface area contributed by atoms with Gasteiger partial charge in [0.2, 0.25) is 10.0 Å². The third-order valence-electron chi connectivity index (χ3n) is 5.58. The minimum atomic E-state index is -3.53. The molecule has 1 saturated heterocycles. The molecule has 2 aromatic rings. The molecular weight excluding hydrogens is 376 g/mol. The summed E-state index contributed by atoms with van der Waals surface area (Å²) in [5, 5.41) is 2.82. The fourth-order valence-electron chi connectivity index (χ4n) is 3.77. The first-order valence-electron chi connectivity index (χ1n) is 9.59. The number of carbonyl (C=O) groups excluding carboxylic acids is 1. The summed E-state index contributed by atoms with van der Waals surface area (Å²) < 4.78 is 32.9. The molecule has 2 aliphatic heterocycles. The molecule has 6 nitrogen and oxygen atoms in total. The quantitative estimate of drug-likeness (QED) is 0.851. The second kappa shape index (κ2) is 7.22. The van der Waals surface area contributed by atoms with Crippen LogP contribution in [0.5, 0.6) is 5.75 Å². The lowest BCUT2D eigenvalue weighted by atomic mass is 9.97. The molecule has 0 saturated carbocycles. The highest BCUT2D eigenvalue weighted by molar-refractivity contribution is 7.89. The first-order chi connectivity index (χ1) is 13.4. The van der Waals surface area contributed by atoms with E-state index in [-0.39, 0.29) is 22.8 Å². The summed E-state index contributed by atoms with van der Waals surface area (Å²) in [6.07, 6.45) is 1.77. The van der Waals surface area contributed by atoms with Crippen molar-refractivity contribution in [3.05, 3.63) is 53.6 Å². The summed E-state index contributed by atoms with van der Waals surface area (Å²) in [4.78, 5) is 13.1. The van der Waals surface area contributed by atoms with Crippen molar-refractivity contribution in [1.82, 2.24) is 4.31 Å². The van der Waals surface area contributed by atoms with Crippen LogP contribution in [0.1, 0.15) is 48.5 Å². The van der Waals surface area contributed by atoms with Crippen LogP contribution in [0, 0.1) is 0 Å². The first kappa shape index (κ1) is 19.0. The molecule has 148 valence electrons. The van der Waals surface area contributed by atoms with Crippen molar-refractivity contribution < 1.29 is 17.9 Å². The zero-order chi connectivity index (χ0) is 19.9. The van der Waals surface area contributed by atoms with Gasteiger partial charge in [-0.05, 0) is 44.0 Å². The molecule has 0 spiro atoms. The van der Waals surface area contributed by atoms with Crippen LogP contribution in [-0.2, 0) is 10.0 Å². The molecular formula is C21H24N2O4S. The van der Waals surface area contributed by atoms with Crippen LogP contribution in [0.3, 0.4) is 0 Å². The van der Waals surface area contributed by atoms with Gasteiger partial charge in [0.25, 0.3) is 5.91 Å². The van der Waals surface area contributed by atoms with Gasteiger partial charge in [-0.15, -0.1) is 0 Å². The molecule has 2 aromatic carbocycles. The largest absolute Gasteiger partial charge is 0.489 e. The summed E-state index contributed by atoms with van der Waals surface area (Å²) in [6, 6.07) is 12.0. The molecule has 1 amide bonds. The third-order valence-corrected chi connectivity index (χ3v) is 7.48. The molecule has 2 heterocycles. The first-order valence-corrected chi connectivity index (χ1v) is 11.0. The number of nitrogens with one attached hydrogen (secondary N) is 1. The Morgan fingerprint density at radius 2 is 1.82 bits per heavy atom. The van der Waals surface area contributed by atoms with Crippen LogP contribution < -0.4 is 10.1 Å². The number of amides is 1. The van der Waals surface area contributed by atoms with E-state index in [0.717, 1.165) is 18.4 Å². The monoisotopic (exact) mass is 400 g/mol. The van der Waals surface area contributed by atoms with Crippen molar-refractivity contribution in [3.8, 4) is 5.75 Å². The van der Waals surface area contributed by atoms with Gasteiger partial charge in [0.1, 0.15) is 11.9 Å². The smallest absolute Gasteiger partial charge is 0.259 e. The van der Waals surface area contributed by atoms with Crippen molar-refractivity contribution in [3.63, 3.8) is 0 Å². The Morgan fingerprint density at radius 3 is 2.57 bits per heavy atom. The van der Waals surface area contributed by atoms with E-state index in [1.54, 1.807) is 24.3 Å². The maximum absolute atomic E-state index is 12.9.